The van der Waals surface area contributed by atoms with E-state index in [4.69, 9.17) is 9.47 Å². The van der Waals surface area contributed by atoms with Crippen LogP contribution >= 0.6 is 0 Å². The first kappa shape index (κ1) is 16.8. The van der Waals surface area contributed by atoms with Gasteiger partial charge in [-0.15, -0.1) is 0 Å². The number of esters is 1. The number of fused-ring (bicyclic) bond motifs is 2. The number of carbonyl (C=O) groups is 3. The molecule has 0 unspecified atom stereocenters. The van der Waals surface area contributed by atoms with Crippen molar-refractivity contribution in [2.24, 2.45) is 0 Å². The first-order valence-corrected chi connectivity index (χ1v) is 8.36. The fourth-order valence-corrected chi connectivity index (χ4v) is 2.95. The van der Waals surface area contributed by atoms with Crippen LogP contribution in [0.3, 0.4) is 0 Å². The van der Waals surface area contributed by atoms with Gasteiger partial charge in [-0.3, -0.25) is 9.59 Å². The van der Waals surface area contributed by atoms with Crippen molar-refractivity contribution in [3.8, 4) is 5.75 Å². The smallest absolute Gasteiger partial charge is 0.339 e. The van der Waals surface area contributed by atoms with Crippen molar-refractivity contribution < 1.29 is 23.9 Å². The minimum Gasteiger partial charge on any atom is -0.482 e. The molecule has 1 aliphatic rings. The lowest BCUT2D eigenvalue weighted by atomic mass is 10.0. The molecule has 1 amide bonds. The Bertz CT molecular complexity index is 1070. The monoisotopic (exact) mass is 361 g/mol. The second-order valence-electron chi connectivity index (χ2n) is 6.07. The zero-order valence-corrected chi connectivity index (χ0v) is 14.2. The summed E-state index contributed by atoms with van der Waals surface area (Å²) in [5.41, 5.74) is 1.16. The van der Waals surface area contributed by atoms with Gasteiger partial charge in [0, 0.05) is 5.56 Å². The highest BCUT2D eigenvalue weighted by Crippen LogP contribution is 2.28. The minimum atomic E-state index is -0.560. The molecule has 0 bridgehead atoms. The molecule has 0 saturated carbocycles. The molecule has 0 aromatic heterocycles. The van der Waals surface area contributed by atoms with E-state index in [1.165, 1.54) is 6.07 Å². The largest absolute Gasteiger partial charge is 0.482 e. The van der Waals surface area contributed by atoms with Crippen LogP contribution in [-0.2, 0) is 9.53 Å². The number of benzene rings is 3. The van der Waals surface area contributed by atoms with Crippen LogP contribution in [0.5, 0.6) is 5.75 Å². The van der Waals surface area contributed by atoms with Crippen LogP contribution in [0.1, 0.15) is 20.7 Å². The number of anilines is 1. The summed E-state index contributed by atoms with van der Waals surface area (Å²) in [6.07, 6.45) is 0. The number of nitrogens with one attached hydrogen (secondary N) is 1. The van der Waals surface area contributed by atoms with E-state index in [0.29, 0.717) is 22.6 Å². The quantitative estimate of drug-likeness (QED) is 0.570. The van der Waals surface area contributed by atoms with Crippen molar-refractivity contribution in [2.75, 3.05) is 18.5 Å². The standard InChI is InChI=1S/C21H15NO5/c23-18(14-8-9-19-17(10-14)22-20(24)12-26-19)11-27-21(25)16-7-3-5-13-4-1-2-6-15(13)16/h1-10H,11-12H2,(H,22,24). The van der Waals surface area contributed by atoms with Crippen molar-refractivity contribution in [3.05, 3.63) is 71.8 Å². The first-order chi connectivity index (χ1) is 13.1. The Morgan fingerprint density at radius 3 is 2.74 bits per heavy atom. The summed E-state index contributed by atoms with van der Waals surface area (Å²) in [6.45, 7) is -0.446. The van der Waals surface area contributed by atoms with Gasteiger partial charge < -0.3 is 14.8 Å². The second kappa shape index (κ2) is 6.92. The molecular formula is C21H15NO5. The van der Waals surface area contributed by atoms with Crippen LogP contribution < -0.4 is 10.1 Å². The molecule has 3 aromatic carbocycles. The highest BCUT2D eigenvalue weighted by atomic mass is 16.5. The van der Waals surface area contributed by atoms with Gasteiger partial charge >= 0.3 is 5.97 Å². The van der Waals surface area contributed by atoms with Crippen molar-refractivity contribution in [1.29, 1.82) is 0 Å². The van der Waals surface area contributed by atoms with E-state index in [0.717, 1.165) is 10.8 Å². The third-order valence-corrected chi connectivity index (χ3v) is 4.28. The Morgan fingerprint density at radius 2 is 1.85 bits per heavy atom. The molecule has 1 heterocycles. The van der Waals surface area contributed by atoms with Crippen molar-refractivity contribution >= 4 is 34.1 Å². The van der Waals surface area contributed by atoms with Gasteiger partial charge in [-0.1, -0.05) is 36.4 Å². The fraction of sp³-hybridized carbons (Fsp3) is 0.0952. The van der Waals surface area contributed by atoms with Gasteiger partial charge in [0.2, 0.25) is 0 Å². The summed E-state index contributed by atoms with van der Waals surface area (Å²) in [4.78, 5) is 36.2. The maximum atomic E-state index is 12.4. The van der Waals surface area contributed by atoms with Gasteiger partial charge in [0.05, 0.1) is 11.3 Å². The Balaban J connectivity index is 1.48. The molecule has 0 aliphatic carbocycles. The van der Waals surface area contributed by atoms with E-state index in [1.54, 1.807) is 24.3 Å². The lowest BCUT2D eigenvalue weighted by molar-refractivity contribution is -0.118. The number of ketones is 1. The lowest BCUT2D eigenvalue weighted by Gasteiger charge is -2.18. The van der Waals surface area contributed by atoms with E-state index < -0.39 is 12.6 Å². The van der Waals surface area contributed by atoms with E-state index in [1.807, 2.05) is 30.3 Å². The molecule has 27 heavy (non-hydrogen) atoms. The second-order valence-corrected chi connectivity index (χ2v) is 6.07. The highest BCUT2D eigenvalue weighted by molar-refractivity contribution is 6.06. The van der Waals surface area contributed by atoms with Crippen LogP contribution in [-0.4, -0.2) is 30.9 Å². The number of ether oxygens (including phenoxy) is 2. The number of Topliss-reactive ketones (excluding diaryl/α,β-unsaturated/α-hetero) is 1. The van der Waals surface area contributed by atoms with Crippen molar-refractivity contribution in [3.63, 3.8) is 0 Å². The van der Waals surface area contributed by atoms with E-state index in [2.05, 4.69) is 5.32 Å². The molecule has 134 valence electrons. The van der Waals surface area contributed by atoms with Gasteiger partial charge in [0.15, 0.2) is 19.0 Å². The van der Waals surface area contributed by atoms with Gasteiger partial charge in [-0.25, -0.2) is 4.79 Å². The molecule has 0 saturated heterocycles. The van der Waals surface area contributed by atoms with Crippen molar-refractivity contribution in [1.82, 2.24) is 0 Å². The Kier molecular flexibility index (Phi) is 4.30. The molecule has 1 aliphatic heterocycles. The van der Waals surface area contributed by atoms with E-state index in [9.17, 15) is 14.4 Å². The Morgan fingerprint density at radius 1 is 1.04 bits per heavy atom. The summed E-state index contributed by atoms with van der Waals surface area (Å²) >= 11 is 0. The topological polar surface area (TPSA) is 81.7 Å². The molecule has 6 nitrogen and oxygen atoms in total. The van der Waals surface area contributed by atoms with E-state index in [-0.39, 0.29) is 18.3 Å². The Labute approximate surface area is 154 Å². The zero-order valence-electron chi connectivity index (χ0n) is 14.2. The zero-order chi connectivity index (χ0) is 18.8. The average Bonchev–Trinajstić information content (AvgIpc) is 2.70. The first-order valence-electron chi connectivity index (χ1n) is 8.36. The number of hydrogen-bond acceptors (Lipinski definition) is 5. The molecule has 4 rings (SSSR count). The summed E-state index contributed by atoms with van der Waals surface area (Å²) in [5.74, 6) is -0.714. The van der Waals surface area contributed by atoms with Crippen LogP contribution in [0, 0.1) is 0 Å². The average molecular weight is 361 g/mol. The number of carbonyl (C=O) groups excluding carboxylic acids is 3. The third-order valence-electron chi connectivity index (χ3n) is 4.28. The molecule has 3 aromatic rings. The summed E-state index contributed by atoms with van der Waals surface area (Å²) in [5, 5.41) is 4.33. The van der Waals surface area contributed by atoms with Gasteiger partial charge in [0.1, 0.15) is 5.75 Å². The molecule has 6 heteroatoms. The maximum absolute atomic E-state index is 12.4. The predicted octanol–water partition coefficient (Wildman–Crippen LogP) is 3.21. The fourth-order valence-electron chi connectivity index (χ4n) is 2.95. The normalized spacial score (nSPS) is 12.7. The summed E-state index contributed by atoms with van der Waals surface area (Å²) < 4.78 is 10.5. The van der Waals surface area contributed by atoms with Gasteiger partial charge in [0.25, 0.3) is 5.91 Å². The summed E-state index contributed by atoms with van der Waals surface area (Å²) in [6, 6.07) is 17.5. The Hall–Kier alpha value is -3.67. The highest BCUT2D eigenvalue weighted by Gasteiger charge is 2.19. The van der Waals surface area contributed by atoms with Crippen LogP contribution in [0.4, 0.5) is 5.69 Å². The summed E-state index contributed by atoms with van der Waals surface area (Å²) in [7, 11) is 0. The van der Waals surface area contributed by atoms with Crippen LogP contribution in [0.2, 0.25) is 0 Å². The van der Waals surface area contributed by atoms with E-state index >= 15 is 0 Å². The van der Waals surface area contributed by atoms with Gasteiger partial charge in [-0.05, 0) is 35.0 Å². The van der Waals surface area contributed by atoms with Gasteiger partial charge in [-0.2, -0.15) is 0 Å². The molecule has 1 N–H and O–H groups in total. The SMILES string of the molecule is O=C1COc2ccc(C(=O)COC(=O)c3cccc4ccccc34)cc2N1. The van der Waals surface area contributed by atoms with Crippen molar-refractivity contribution in [2.45, 2.75) is 0 Å². The predicted molar refractivity (Wildman–Crippen MR) is 99.1 cm³/mol. The minimum absolute atomic E-state index is 0.0526. The maximum Gasteiger partial charge on any atom is 0.339 e. The number of hydrogen-bond donors (Lipinski definition) is 1. The molecule has 0 radical (unpaired) electrons. The van der Waals surface area contributed by atoms with Crippen LogP contribution in [0.15, 0.2) is 60.7 Å². The number of amides is 1. The lowest BCUT2D eigenvalue weighted by Crippen LogP contribution is -2.25. The molecule has 0 atom stereocenters. The molecular weight excluding hydrogens is 346 g/mol. The molecule has 0 fully saturated rings. The third kappa shape index (κ3) is 3.37. The number of rotatable bonds is 4. The molecule has 0 spiro atoms. The van der Waals surface area contributed by atoms with Crippen LogP contribution in [0.25, 0.3) is 10.8 Å².